The predicted molar refractivity (Wildman–Crippen MR) is 117 cm³/mol. The van der Waals surface area contributed by atoms with E-state index in [1.165, 1.54) is 0 Å². The second-order valence-electron chi connectivity index (χ2n) is 7.72. The highest BCUT2D eigenvalue weighted by atomic mass is 35.5. The van der Waals surface area contributed by atoms with Crippen LogP contribution in [-0.4, -0.2) is 60.4 Å². The molecule has 158 valence electrons. The van der Waals surface area contributed by atoms with Crippen LogP contribution in [0.15, 0.2) is 12.3 Å². The van der Waals surface area contributed by atoms with Crippen molar-refractivity contribution in [2.75, 3.05) is 54.5 Å². The first-order chi connectivity index (χ1) is 14.6. The van der Waals surface area contributed by atoms with Gasteiger partial charge < -0.3 is 19.9 Å². The van der Waals surface area contributed by atoms with Crippen LogP contribution >= 0.6 is 11.6 Å². The molecule has 2 aromatic rings. The van der Waals surface area contributed by atoms with Crippen molar-refractivity contribution in [3.63, 3.8) is 0 Å². The molecule has 4 heterocycles. The third-order valence-electron chi connectivity index (χ3n) is 5.64. The van der Waals surface area contributed by atoms with E-state index in [1.54, 1.807) is 6.20 Å². The first-order valence-electron chi connectivity index (χ1n) is 10.3. The van der Waals surface area contributed by atoms with Crippen molar-refractivity contribution >= 4 is 29.2 Å². The number of ether oxygens (including phenoxy) is 1. The molecule has 0 spiro atoms. The first-order valence-corrected chi connectivity index (χ1v) is 10.7. The second kappa shape index (κ2) is 9.02. The summed E-state index contributed by atoms with van der Waals surface area (Å²) in [5.41, 5.74) is 2.11. The summed E-state index contributed by atoms with van der Waals surface area (Å²) < 4.78 is 5.41. The molecule has 2 saturated heterocycles. The van der Waals surface area contributed by atoms with Gasteiger partial charge in [0.2, 0.25) is 5.95 Å². The molecule has 0 aliphatic carbocycles. The number of aromatic nitrogens is 3. The van der Waals surface area contributed by atoms with Crippen LogP contribution in [0.4, 0.5) is 17.6 Å². The van der Waals surface area contributed by atoms with Crippen LogP contribution in [0.2, 0.25) is 5.02 Å². The Morgan fingerprint density at radius 3 is 2.77 bits per heavy atom. The normalized spacial score (nSPS) is 19.5. The van der Waals surface area contributed by atoms with Gasteiger partial charge in [0.15, 0.2) is 0 Å². The molecule has 0 amide bonds. The highest BCUT2D eigenvalue weighted by Crippen LogP contribution is 2.30. The minimum Gasteiger partial charge on any atom is -0.378 e. The fourth-order valence-electron chi connectivity index (χ4n) is 4.02. The van der Waals surface area contributed by atoms with E-state index in [4.69, 9.17) is 21.3 Å². The van der Waals surface area contributed by atoms with Crippen molar-refractivity contribution < 1.29 is 4.74 Å². The Bertz CT molecular complexity index is 955. The van der Waals surface area contributed by atoms with E-state index in [-0.39, 0.29) is 6.04 Å². The minimum atomic E-state index is 0.204. The summed E-state index contributed by atoms with van der Waals surface area (Å²) in [4.78, 5) is 18.1. The van der Waals surface area contributed by atoms with Crippen molar-refractivity contribution in [3.05, 3.63) is 34.1 Å². The molecule has 2 aliphatic rings. The average Bonchev–Trinajstić information content (AvgIpc) is 2.78. The number of anilines is 3. The summed E-state index contributed by atoms with van der Waals surface area (Å²) in [6.07, 6.45) is 3.83. The largest absolute Gasteiger partial charge is 0.378 e. The SMILES string of the molecule is Cc1nc(N2CCCC(Nc3ccnc(N4CCOCC4)n3)C2)c(C#N)c(C)c1Cl. The van der Waals surface area contributed by atoms with Crippen LogP contribution < -0.4 is 15.1 Å². The van der Waals surface area contributed by atoms with Gasteiger partial charge in [0.1, 0.15) is 17.7 Å². The van der Waals surface area contributed by atoms with Crippen molar-refractivity contribution in [2.45, 2.75) is 32.7 Å². The quantitative estimate of drug-likeness (QED) is 0.796. The number of nitrogens with zero attached hydrogens (tertiary/aromatic N) is 6. The molecule has 1 atom stereocenters. The molecule has 1 unspecified atom stereocenters. The number of halogens is 1. The molecule has 9 heteroatoms. The molecule has 0 aromatic carbocycles. The van der Waals surface area contributed by atoms with Gasteiger partial charge in [-0.1, -0.05) is 11.6 Å². The molecule has 4 rings (SSSR count). The first kappa shape index (κ1) is 20.6. The number of rotatable bonds is 4. The molecule has 8 nitrogen and oxygen atoms in total. The second-order valence-corrected chi connectivity index (χ2v) is 8.10. The van der Waals surface area contributed by atoms with Crippen LogP contribution in [0.5, 0.6) is 0 Å². The van der Waals surface area contributed by atoms with Gasteiger partial charge in [0, 0.05) is 38.4 Å². The molecule has 1 N–H and O–H groups in total. The number of aryl methyl sites for hydroxylation is 1. The third-order valence-corrected chi connectivity index (χ3v) is 6.20. The maximum atomic E-state index is 9.68. The lowest BCUT2D eigenvalue weighted by atomic mass is 10.0. The van der Waals surface area contributed by atoms with Crippen LogP contribution in [0.25, 0.3) is 0 Å². The van der Waals surface area contributed by atoms with Crippen molar-refractivity contribution in [2.24, 2.45) is 0 Å². The monoisotopic (exact) mass is 427 g/mol. The van der Waals surface area contributed by atoms with Crippen LogP contribution in [0.1, 0.15) is 29.7 Å². The summed E-state index contributed by atoms with van der Waals surface area (Å²) in [5.74, 6) is 2.27. The zero-order valence-electron chi connectivity index (χ0n) is 17.4. The van der Waals surface area contributed by atoms with Crippen molar-refractivity contribution in [3.8, 4) is 6.07 Å². The number of hydrogen-bond donors (Lipinski definition) is 1. The van der Waals surface area contributed by atoms with E-state index in [1.807, 2.05) is 19.9 Å². The molecule has 2 fully saturated rings. The van der Waals surface area contributed by atoms with Crippen molar-refractivity contribution in [1.29, 1.82) is 5.26 Å². The molecule has 0 saturated carbocycles. The fraction of sp³-hybridized carbons (Fsp3) is 0.524. The van der Waals surface area contributed by atoms with Gasteiger partial charge in [0.05, 0.1) is 29.5 Å². The van der Waals surface area contributed by atoms with Crippen LogP contribution in [0.3, 0.4) is 0 Å². The van der Waals surface area contributed by atoms with Gasteiger partial charge in [-0.3, -0.25) is 0 Å². The van der Waals surface area contributed by atoms with Gasteiger partial charge in [0.25, 0.3) is 0 Å². The third kappa shape index (κ3) is 4.27. The number of hydrogen-bond acceptors (Lipinski definition) is 8. The maximum absolute atomic E-state index is 9.68. The molecule has 2 aliphatic heterocycles. The van der Waals surface area contributed by atoms with E-state index >= 15 is 0 Å². The smallest absolute Gasteiger partial charge is 0.227 e. The molecular weight excluding hydrogens is 402 g/mol. The molecule has 2 aromatic heterocycles. The zero-order valence-corrected chi connectivity index (χ0v) is 18.1. The lowest BCUT2D eigenvalue weighted by Gasteiger charge is -2.35. The van der Waals surface area contributed by atoms with Gasteiger partial charge in [-0.15, -0.1) is 0 Å². The highest BCUT2D eigenvalue weighted by Gasteiger charge is 2.25. The number of morpholine rings is 1. The lowest BCUT2D eigenvalue weighted by molar-refractivity contribution is 0.122. The standard InChI is InChI=1S/C21H26ClN7O/c1-14-17(12-23)20(25-15(2)19(14)22)29-7-3-4-16(13-29)26-18-5-6-24-21(27-18)28-8-10-30-11-9-28/h5-6,16H,3-4,7-11,13H2,1-2H3,(H,24,26,27). The summed E-state index contributed by atoms with van der Waals surface area (Å²) in [6, 6.07) is 4.40. The predicted octanol–water partition coefficient (Wildman–Crippen LogP) is 2.93. The summed E-state index contributed by atoms with van der Waals surface area (Å²) >= 11 is 6.32. The highest BCUT2D eigenvalue weighted by molar-refractivity contribution is 6.32. The zero-order chi connectivity index (χ0) is 21.1. The Morgan fingerprint density at radius 1 is 1.20 bits per heavy atom. The van der Waals surface area contributed by atoms with Gasteiger partial charge >= 0.3 is 0 Å². The lowest BCUT2D eigenvalue weighted by Crippen LogP contribution is -2.43. The Morgan fingerprint density at radius 2 is 2.00 bits per heavy atom. The number of pyridine rings is 1. The Labute approximate surface area is 181 Å². The Kier molecular flexibility index (Phi) is 6.21. The number of nitrogens with one attached hydrogen (secondary N) is 1. The van der Waals surface area contributed by atoms with E-state index in [0.29, 0.717) is 23.8 Å². The molecular formula is C21H26ClN7O. The topological polar surface area (TPSA) is 90.2 Å². The average molecular weight is 428 g/mol. The van der Waals surface area contributed by atoms with Crippen LogP contribution in [-0.2, 0) is 4.74 Å². The van der Waals surface area contributed by atoms with E-state index in [0.717, 1.165) is 67.9 Å². The summed E-state index contributed by atoms with van der Waals surface area (Å²) in [7, 11) is 0. The van der Waals surface area contributed by atoms with Crippen molar-refractivity contribution in [1.82, 2.24) is 15.0 Å². The Hall–Kier alpha value is -2.63. The summed E-state index contributed by atoms with van der Waals surface area (Å²) in [5, 5.41) is 13.8. The van der Waals surface area contributed by atoms with E-state index < -0.39 is 0 Å². The van der Waals surface area contributed by atoms with E-state index in [2.05, 4.69) is 31.2 Å². The maximum Gasteiger partial charge on any atom is 0.227 e. The fourth-order valence-corrected chi connectivity index (χ4v) is 4.15. The Balaban J connectivity index is 1.50. The molecule has 0 bridgehead atoms. The van der Waals surface area contributed by atoms with E-state index in [9.17, 15) is 5.26 Å². The summed E-state index contributed by atoms with van der Waals surface area (Å²) in [6.45, 7) is 8.39. The van der Waals surface area contributed by atoms with Gasteiger partial charge in [-0.05, 0) is 38.3 Å². The molecule has 0 radical (unpaired) electrons. The van der Waals surface area contributed by atoms with Gasteiger partial charge in [-0.2, -0.15) is 10.2 Å². The molecule has 30 heavy (non-hydrogen) atoms. The minimum absolute atomic E-state index is 0.204. The van der Waals surface area contributed by atoms with Gasteiger partial charge in [-0.25, -0.2) is 9.97 Å². The van der Waals surface area contributed by atoms with Crippen LogP contribution in [0, 0.1) is 25.2 Å². The number of nitriles is 1. The number of piperidine rings is 1.